The Morgan fingerprint density at radius 1 is 1.24 bits per heavy atom. The van der Waals surface area contributed by atoms with Crippen molar-refractivity contribution >= 4 is 22.4 Å². The van der Waals surface area contributed by atoms with Gasteiger partial charge in [-0.25, -0.2) is 9.97 Å². The lowest BCUT2D eigenvalue weighted by atomic mass is 10.2. The molecular weight excluding hydrogens is 284 g/mol. The molecule has 1 aromatic rings. The van der Waals surface area contributed by atoms with Crippen LogP contribution in [-0.4, -0.2) is 38.8 Å². The predicted octanol–water partition coefficient (Wildman–Crippen LogP) is 2.74. The average Bonchev–Trinajstić information content (AvgIpc) is 2.42. The first-order chi connectivity index (χ1) is 9.97. The fraction of sp³-hybridized carbons (Fsp3) is 0.733. The highest BCUT2D eigenvalue weighted by Gasteiger charge is 2.12. The molecule has 2 unspecified atom stereocenters. The van der Waals surface area contributed by atoms with E-state index in [1.807, 2.05) is 6.92 Å². The normalized spacial score (nSPS) is 13.8. The van der Waals surface area contributed by atoms with Crippen LogP contribution in [0.1, 0.15) is 45.0 Å². The molecule has 0 aliphatic carbocycles. The highest BCUT2D eigenvalue weighted by molar-refractivity contribution is 7.84. The van der Waals surface area contributed by atoms with Gasteiger partial charge in [-0.15, -0.1) is 0 Å². The van der Waals surface area contributed by atoms with Crippen LogP contribution in [0.5, 0.6) is 0 Å². The fourth-order valence-corrected chi connectivity index (χ4v) is 2.71. The molecule has 0 aliphatic rings. The van der Waals surface area contributed by atoms with Crippen LogP contribution < -0.4 is 10.6 Å². The molecule has 1 heterocycles. The minimum absolute atomic E-state index is 0.242. The predicted molar refractivity (Wildman–Crippen MR) is 91.6 cm³/mol. The van der Waals surface area contributed by atoms with Crippen molar-refractivity contribution in [2.75, 3.05) is 29.2 Å². The Morgan fingerprint density at radius 3 is 2.48 bits per heavy atom. The number of rotatable bonds is 9. The maximum absolute atomic E-state index is 11.2. The first-order valence-electron chi connectivity index (χ1n) is 7.65. The van der Waals surface area contributed by atoms with Crippen molar-refractivity contribution < 1.29 is 4.21 Å². The molecule has 0 aliphatic heterocycles. The average molecular weight is 312 g/mol. The number of hydrogen-bond donors (Lipinski definition) is 2. The molecule has 5 nitrogen and oxygen atoms in total. The van der Waals surface area contributed by atoms with E-state index in [0.717, 1.165) is 48.8 Å². The number of aryl methyl sites for hydroxylation is 1. The smallest absolute Gasteiger partial charge is 0.134 e. The van der Waals surface area contributed by atoms with E-state index in [2.05, 4.69) is 41.4 Å². The van der Waals surface area contributed by atoms with Crippen molar-refractivity contribution in [3.8, 4) is 0 Å². The minimum Gasteiger partial charge on any atom is -0.370 e. The fourth-order valence-electron chi connectivity index (χ4n) is 2.03. The van der Waals surface area contributed by atoms with Gasteiger partial charge in [0.15, 0.2) is 0 Å². The zero-order chi connectivity index (χ0) is 15.8. The van der Waals surface area contributed by atoms with Crippen molar-refractivity contribution in [2.45, 2.75) is 53.0 Å². The monoisotopic (exact) mass is 312 g/mol. The van der Waals surface area contributed by atoms with Crippen LogP contribution in [-0.2, 0) is 17.2 Å². The molecule has 1 rings (SSSR count). The molecule has 0 radical (unpaired) electrons. The summed E-state index contributed by atoms with van der Waals surface area (Å²) in [6, 6.07) is 0.242. The number of nitrogens with one attached hydrogen (secondary N) is 2. The van der Waals surface area contributed by atoms with Crippen molar-refractivity contribution in [2.24, 2.45) is 0 Å². The summed E-state index contributed by atoms with van der Waals surface area (Å²) < 4.78 is 11.2. The van der Waals surface area contributed by atoms with Gasteiger partial charge in [0.1, 0.15) is 17.5 Å². The Morgan fingerprint density at radius 2 is 1.90 bits per heavy atom. The summed E-state index contributed by atoms with van der Waals surface area (Å²) in [7, 11) is -0.749. The van der Waals surface area contributed by atoms with Gasteiger partial charge in [-0.1, -0.05) is 6.92 Å². The Hall–Kier alpha value is -1.17. The first-order valence-corrected chi connectivity index (χ1v) is 9.38. The summed E-state index contributed by atoms with van der Waals surface area (Å²) in [5, 5.41) is 6.74. The van der Waals surface area contributed by atoms with E-state index in [0.29, 0.717) is 5.75 Å². The molecule has 0 saturated heterocycles. The van der Waals surface area contributed by atoms with Crippen LogP contribution >= 0.6 is 0 Å². The van der Waals surface area contributed by atoms with Gasteiger partial charge in [-0.05, 0) is 33.6 Å². The summed E-state index contributed by atoms with van der Waals surface area (Å²) in [6.07, 6.45) is 4.51. The summed E-state index contributed by atoms with van der Waals surface area (Å²) in [6.45, 7) is 9.16. The van der Waals surface area contributed by atoms with E-state index in [1.54, 1.807) is 6.26 Å². The lowest BCUT2D eigenvalue weighted by molar-refractivity contribution is 0.678. The van der Waals surface area contributed by atoms with E-state index in [1.165, 1.54) is 0 Å². The number of aromatic nitrogens is 2. The van der Waals surface area contributed by atoms with Gasteiger partial charge in [0.25, 0.3) is 0 Å². The maximum atomic E-state index is 11.2. The molecule has 120 valence electrons. The lowest BCUT2D eigenvalue weighted by Gasteiger charge is -2.18. The third-order valence-corrected chi connectivity index (χ3v) is 4.04. The van der Waals surface area contributed by atoms with Crippen molar-refractivity contribution in [1.82, 2.24) is 9.97 Å². The Labute approximate surface area is 130 Å². The molecule has 2 atom stereocenters. The van der Waals surface area contributed by atoms with Gasteiger partial charge in [-0.3, -0.25) is 4.21 Å². The molecule has 2 N–H and O–H groups in total. The van der Waals surface area contributed by atoms with Gasteiger partial charge >= 0.3 is 0 Å². The molecule has 0 spiro atoms. The second-order valence-electron chi connectivity index (χ2n) is 5.35. The Balaban J connectivity index is 2.90. The largest absolute Gasteiger partial charge is 0.370 e. The van der Waals surface area contributed by atoms with Crippen LogP contribution in [0.3, 0.4) is 0 Å². The molecular formula is C15H28N4OS. The summed E-state index contributed by atoms with van der Waals surface area (Å²) in [4.78, 5) is 9.22. The van der Waals surface area contributed by atoms with Gasteiger partial charge < -0.3 is 10.6 Å². The second kappa shape index (κ2) is 8.97. The van der Waals surface area contributed by atoms with Crippen molar-refractivity contribution in [3.63, 3.8) is 0 Å². The van der Waals surface area contributed by atoms with Crippen LogP contribution in [0.25, 0.3) is 0 Å². The quantitative estimate of drug-likeness (QED) is 0.734. The van der Waals surface area contributed by atoms with Gasteiger partial charge in [0.05, 0.1) is 0 Å². The minimum atomic E-state index is -0.749. The zero-order valence-electron chi connectivity index (χ0n) is 13.8. The Bertz CT molecular complexity index is 479. The second-order valence-corrected chi connectivity index (χ2v) is 6.91. The molecule has 0 aromatic carbocycles. The highest BCUT2D eigenvalue weighted by atomic mass is 32.2. The number of hydrogen-bond acceptors (Lipinski definition) is 5. The van der Waals surface area contributed by atoms with E-state index in [4.69, 9.17) is 0 Å². The van der Waals surface area contributed by atoms with Gasteiger partial charge in [0, 0.05) is 47.4 Å². The van der Waals surface area contributed by atoms with E-state index in [9.17, 15) is 4.21 Å². The summed E-state index contributed by atoms with van der Waals surface area (Å²) in [5.74, 6) is 3.37. The maximum Gasteiger partial charge on any atom is 0.134 e. The molecule has 0 amide bonds. The summed E-state index contributed by atoms with van der Waals surface area (Å²) in [5.41, 5.74) is 1.04. The van der Waals surface area contributed by atoms with Crippen LogP contribution in [0.15, 0.2) is 0 Å². The number of anilines is 2. The SMILES string of the molecule is CCCc1nc(NCC)c(C)c(NC(C)CCS(C)=O)n1. The third-order valence-electron chi connectivity index (χ3n) is 3.23. The standard InChI is InChI=1S/C15H28N4OS/c1-6-8-13-18-14(16-7-2)12(4)15(19-13)17-11(3)9-10-21(5)20/h11H,6-10H2,1-5H3,(H2,16,17,18,19). The van der Waals surface area contributed by atoms with Gasteiger partial charge in [0.2, 0.25) is 0 Å². The zero-order valence-corrected chi connectivity index (χ0v) is 14.6. The molecule has 21 heavy (non-hydrogen) atoms. The Kier molecular flexibility index (Phi) is 7.64. The molecule has 0 saturated carbocycles. The highest BCUT2D eigenvalue weighted by Crippen LogP contribution is 2.21. The first kappa shape index (κ1) is 17.9. The van der Waals surface area contributed by atoms with Crippen molar-refractivity contribution in [3.05, 3.63) is 11.4 Å². The summed E-state index contributed by atoms with van der Waals surface area (Å²) >= 11 is 0. The molecule has 0 fully saturated rings. The van der Waals surface area contributed by atoms with Crippen molar-refractivity contribution in [1.29, 1.82) is 0 Å². The van der Waals surface area contributed by atoms with E-state index >= 15 is 0 Å². The molecule has 1 aromatic heterocycles. The van der Waals surface area contributed by atoms with E-state index in [-0.39, 0.29) is 6.04 Å². The molecule has 0 bridgehead atoms. The van der Waals surface area contributed by atoms with Crippen LogP contribution in [0.4, 0.5) is 11.6 Å². The molecule has 6 heteroatoms. The lowest BCUT2D eigenvalue weighted by Crippen LogP contribution is -2.20. The number of nitrogens with zero attached hydrogens (tertiary/aromatic N) is 2. The topological polar surface area (TPSA) is 66.9 Å². The third kappa shape index (κ3) is 5.99. The van der Waals surface area contributed by atoms with E-state index < -0.39 is 10.8 Å². The van der Waals surface area contributed by atoms with Gasteiger partial charge in [-0.2, -0.15) is 0 Å². The van der Waals surface area contributed by atoms with Crippen LogP contribution in [0.2, 0.25) is 0 Å². The van der Waals surface area contributed by atoms with Crippen LogP contribution in [0, 0.1) is 6.92 Å².